The number of pyridine rings is 1. The van der Waals surface area contributed by atoms with Crippen LogP contribution in [0.25, 0.3) is 0 Å². The SMILES string of the molecule is CCN1CCN(C(=O)c2ccc(C(N)=NO)cn2)CC1C. The van der Waals surface area contributed by atoms with Gasteiger partial charge in [0.05, 0.1) is 0 Å². The van der Waals surface area contributed by atoms with Crippen molar-refractivity contribution in [3.05, 3.63) is 29.6 Å². The molecule has 2 rings (SSSR count). The van der Waals surface area contributed by atoms with E-state index in [1.165, 1.54) is 6.20 Å². The highest BCUT2D eigenvalue weighted by Crippen LogP contribution is 2.12. The number of nitrogens with zero attached hydrogens (tertiary/aromatic N) is 4. The highest BCUT2D eigenvalue weighted by atomic mass is 16.4. The number of hydrogen-bond donors (Lipinski definition) is 2. The third-order valence-electron chi connectivity index (χ3n) is 3.84. The van der Waals surface area contributed by atoms with E-state index in [1.54, 1.807) is 12.1 Å². The molecule has 0 bridgehead atoms. The first kappa shape index (κ1) is 15.2. The Hall–Kier alpha value is -2.15. The molecule has 0 saturated carbocycles. The second-order valence-electron chi connectivity index (χ2n) is 5.15. The lowest BCUT2D eigenvalue weighted by molar-refractivity contribution is 0.0523. The van der Waals surface area contributed by atoms with Crippen molar-refractivity contribution >= 4 is 11.7 Å². The van der Waals surface area contributed by atoms with Crippen LogP contribution in [0.2, 0.25) is 0 Å². The van der Waals surface area contributed by atoms with Crippen molar-refractivity contribution in [3.8, 4) is 0 Å². The predicted octanol–water partition coefficient (Wildman–Crippen LogP) is 0.342. The second kappa shape index (κ2) is 6.53. The quantitative estimate of drug-likeness (QED) is 0.362. The van der Waals surface area contributed by atoms with Crippen LogP contribution in [0.1, 0.15) is 29.9 Å². The van der Waals surface area contributed by atoms with E-state index in [0.29, 0.717) is 30.4 Å². The normalized spacial score (nSPS) is 20.6. The minimum atomic E-state index is -0.0799. The van der Waals surface area contributed by atoms with E-state index in [4.69, 9.17) is 10.9 Å². The molecule has 0 aliphatic carbocycles. The lowest BCUT2D eigenvalue weighted by atomic mass is 10.1. The molecular formula is C14H21N5O2. The smallest absolute Gasteiger partial charge is 0.272 e. The van der Waals surface area contributed by atoms with Crippen LogP contribution in [-0.4, -0.2) is 64.0 Å². The minimum absolute atomic E-state index is 0.0216. The van der Waals surface area contributed by atoms with E-state index >= 15 is 0 Å². The Morgan fingerprint density at radius 1 is 1.52 bits per heavy atom. The molecule has 1 atom stereocenters. The summed E-state index contributed by atoms with van der Waals surface area (Å²) in [4.78, 5) is 20.7. The van der Waals surface area contributed by atoms with Gasteiger partial charge in [0.2, 0.25) is 0 Å². The van der Waals surface area contributed by atoms with Gasteiger partial charge in [-0.2, -0.15) is 0 Å². The Kier molecular flexibility index (Phi) is 4.74. The number of carbonyl (C=O) groups is 1. The molecule has 1 unspecified atom stereocenters. The average molecular weight is 291 g/mol. The molecule has 0 aromatic carbocycles. The Balaban J connectivity index is 2.07. The van der Waals surface area contributed by atoms with Gasteiger partial charge in [-0.3, -0.25) is 14.7 Å². The number of amides is 1. The maximum Gasteiger partial charge on any atom is 0.272 e. The summed E-state index contributed by atoms with van der Waals surface area (Å²) in [5.41, 5.74) is 6.33. The Labute approximate surface area is 124 Å². The summed E-state index contributed by atoms with van der Waals surface area (Å²) >= 11 is 0. The number of rotatable bonds is 3. The highest BCUT2D eigenvalue weighted by Gasteiger charge is 2.26. The first-order valence-corrected chi connectivity index (χ1v) is 7.04. The van der Waals surface area contributed by atoms with Crippen LogP contribution in [0.4, 0.5) is 0 Å². The zero-order valence-corrected chi connectivity index (χ0v) is 12.4. The van der Waals surface area contributed by atoms with Crippen molar-refractivity contribution < 1.29 is 10.0 Å². The van der Waals surface area contributed by atoms with E-state index in [0.717, 1.165) is 13.1 Å². The van der Waals surface area contributed by atoms with E-state index in [2.05, 4.69) is 28.9 Å². The summed E-state index contributed by atoms with van der Waals surface area (Å²) in [6.07, 6.45) is 1.44. The molecule has 1 aromatic rings. The van der Waals surface area contributed by atoms with Crippen molar-refractivity contribution in [2.75, 3.05) is 26.2 Å². The summed E-state index contributed by atoms with van der Waals surface area (Å²) in [5, 5.41) is 11.5. The molecule has 3 N–H and O–H groups in total. The van der Waals surface area contributed by atoms with E-state index in [1.807, 2.05) is 4.90 Å². The van der Waals surface area contributed by atoms with Crippen LogP contribution in [0.3, 0.4) is 0 Å². The topological polar surface area (TPSA) is 95.0 Å². The van der Waals surface area contributed by atoms with E-state index in [9.17, 15) is 4.79 Å². The fraction of sp³-hybridized carbons (Fsp3) is 0.500. The summed E-state index contributed by atoms with van der Waals surface area (Å²) in [5.74, 6) is -0.102. The van der Waals surface area contributed by atoms with Crippen molar-refractivity contribution in [2.45, 2.75) is 19.9 Å². The number of piperazine rings is 1. The maximum atomic E-state index is 12.4. The van der Waals surface area contributed by atoms with Crippen LogP contribution < -0.4 is 5.73 Å². The molecule has 1 fully saturated rings. The summed E-state index contributed by atoms with van der Waals surface area (Å²) in [6.45, 7) is 7.54. The molecule has 114 valence electrons. The molecule has 0 spiro atoms. The monoisotopic (exact) mass is 291 g/mol. The van der Waals surface area contributed by atoms with Gasteiger partial charge in [0, 0.05) is 37.4 Å². The van der Waals surface area contributed by atoms with Crippen LogP contribution in [-0.2, 0) is 0 Å². The molecular weight excluding hydrogens is 270 g/mol. The van der Waals surface area contributed by atoms with Crippen molar-refractivity contribution in [3.63, 3.8) is 0 Å². The summed E-state index contributed by atoms with van der Waals surface area (Å²) in [7, 11) is 0. The molecule has 7 nitrogen and oxygen atoms in total. The fourth-order valence-corrected chi connectivity index (χ4v) is 2.54. The average Bonchev–Trinajstić information content (AvgIpc) is 2.53. The molecule has 1 amide bonds. The lowest BCUT2D eigenvalue weighted by Gasteiger charge is -2.39. The first-order valence-electron chi connectivity index (χ1n) is 7.04. The largest absolute Gasteiger partial charge is 0.409 e. The van der Waals surface area contributed by atoms with Crippen molar-refractivity contribution in [1.82, 2.24) is 14.8 Å². The third kappa shape index (κ3) is 3.30. The first-order chi connectivity index (χ1) is 10.1. The number of aromatic nitrogens is 1. The van der Waals surface area contributed by atoms with Gasteiger partial charge in [0.25, 0.3) is 5.91 Å². The summed E-state index contributed by atoms with van der Waals surface area (Å²) in [6, 6.07) is 3.58. The van der Waals surface area contributed by atoms with Gasteiger partial charge in [0.15, 0.2) is 5.84 Å². The van der Waals surface area contributed by atoms with Crippen LogP contribution in [0.15, 0.2) is 23.5 Å². The lowest BCUT2D eigenvalue weighted by Crippen LogP contribution is -2.53. The van der Waals surface area contributed by atoms with Gasteiger partial charge in [-0.15, -0.1) is 0 Å². The number of likely N-dealkylation sites (N-methyl/N-ethyl adjacent to an activating group) is 1. The van der Waals surface area contributed by atoms with E-state index in [-0.39, 0.29) is 11.7 Å². The van der Waals surface area contributed by atoms with Gasteiger partial charge in [0.1, 0.15) is 5.69 Å². The molecule has 7 heteroatoms. The number of carbonyl (C=O) groups excluding carboxylic acids is 1. The predicted molar refractivity (Wildman–Crippen MR) is 79.4 cm³/mol. The van der Waals surface area contributed by atoms with Gasteiger partial charge in [-0.05, 0) is 25.6 Å². The molecule has 1 saturated heterocycles. The van der Waals surface area contributed by atoms with Gasteiger partial charge in [-0.1, -0.05) is 12.1 Å². The Morgan fingerprint density at radius 3 is 2.81 bits per heavy atom. The zero-order valence-electron chi connectivity index (χ0n) is 12.4. The molecule has 1 aliphatic rings. The molecule has 21 heavy (non-hydrogen) atoms. The van der Waals surface area contributed by atoms with Crippen LogP contribution in [0, 0.1) is 0 Å². The molecule has 1 aliphatic heterocycles. The highest BCUT2D eigenvalue weighted by molar-refractivity contribution is 5.98. The van der Waals surface area contributed by atoms with Gasteiger partial charge >= 0.3 is 0 Å². The van der Waals surface area contributed by atoms with Crippen LogP contribution in [0.5, 0.6) is 0 Å². The number of amidine groups is 1. The molecule has 0 radical (unpaired) electrons. The van der Waals surface area contributed by atoms with Crippen molar-refractivity contribution in [1.29, 1.82) is 0 Å². The van der Waals surface area contributed by atoms with Gasteiger partial charge in [-0.25, -0.2) is 0 Å². The standard InChI is InChI=1S/C14H21N5O2/c1-3-18-6-7-19(9-10(18)2)14(20)12-5-4-11(8-16-12)13(15)17-21/h4-5,8,10,21H,3,6-7,9H2,1-2H3,(H2,15,17). The Bertz CT molecular complexity index is 529. The zero-order chi connectivity index (χ0) is 15.4. The Morgan fingerprint density at radius 2 is 2.29 bits per heavy atom. The maximum absolute atomic E-state index is 12.4. The van der Waals surface area contributed by atoms with Crippen molar-refractivity contribution in [2.24, 2.45) is 10.9 Å². The van der Waals surface area contributed by atoms with Crippen LogP contribution >= 0.6 is 0 Å². The minimum Gasteiger partial charge on any atom is -0.409 e. The second-order valence-corrected chi connectivity index (χ2v) is 5.15. The van der Waals surface area contributed by atoms with Gasteiger partial charge < -0.3 is 15.8 Å². The summed E-state index contributed by atoms with van der Waals surface area (Å²) < 4.78 is 0. The van der Waals surface area contributed by atoms with E-state index < -0.39 is 0 Å². The molecule has 1 aromatic heterocycles. The number of oxime groups is 1. The fourth-order valence-electron chi connectivity index (χ4n) is 2.54. The third-order valence-corrected chi connectivity index (χ3v) is 3.84. The number of hydrogen-bond acceptors (Lipinski definition) is 5. The molecule has 2 heterocycles. The number of nitrogens with two attached hydrogens (primary N) is 1.